The van der Waals surface area contributed by atoms with Gasteiger partial charge in [-0.15, -0.1) is 113 Å². The van der Waals surface area contributed by atoms with Crippen LogP contribution in [0, 0.1) is 35.3 Å². The summed E-state index contributed by atoms with van der Waals surface area (Å²) in [6, 6.07) is 23.5. The van der Waals surface area contributed by atoms with Crippen molar-refractivity contribution in [1.82, 2.24) is 17.5 Å². The number of hydrogen-bond donors (Lipinski definition) is 0. The summed E-state index contributed by atoms with van der Waals surface area (Å²) in [5.41, 5.74) is 9.69. The van der Waals surface area contributed by atoms with Gasteiger partial charge < -0.3 is 0 Å². The Hall–Kier alpha value is -4.02. The van der Waals surface area contributed by atoms with Crippen molar-refractivity contribution in [3.8, 4) is 68.3 Å². The van der Waals surface area contributed by atoms with Gasteiger partial charge in [0.15, 0.2) is 0 Å². The van der Waals surface area contributed by atoms with Gasteiger partial charge in [0.1, 0.15) is 33.7 Å². The highest BCUT2D eigenvalue weighted by Gasteiger charge is 2.30. The number of hydrogen-bond acceptors (Lipinski definition) is 16. The second-order valence-electron chi connectivity index (χ2n) is 43.0. The fraction of sp³-hybridized carbons (Fsp3) is 0.645. The van der Waals surface area contributed by atoms with E-state index in [-0.39, 0.29) is 11.6 Å². The summed E-state index contributed by atoms with van der Waals surface area (Å²) in [6.45, 7) is 18.6. The van der Waals surface area contributed by atoms with Gasteiger partial charge in [-0.25, -0.2) is 8.78 Å². The van der Waals surface area contributed by atoms with Crippen LogP contribution in [0.15, 0.2) is 71.4 Å². The van der Waals surface area contributed by atoms with Gasteiger partial charge in [0.2, 0.25) is 0 Å². The molecule has 4 unspecified atom stereocenters. The predicted octanol–water partition coefficient (Wildman–Crippen LogP) is 48.6. The zero-order valence-electron chi connectivity index (χ0n) is 88.8. The maximum absolute atomic E-state index is 18.1. The van der Waals surface area contributed by atoms with Gasteiger partial charge in [-0.3, -0.25) is 0 Å². The van der Waals surface area contributed by atoms with Gasteiger partial charge in [-0.05, 0) is 143 Å². The van der Waals surface area contributed by atoms with Crippen LogP contribution in [0.4, 0.5) is 8.78 Å². The van der Waals surface area contributed by atoms with Gasteiger partial charge in [0, 0.05) is 80.1 Å². The van der Waals surface area contributed by atoms with Gasteiger partial charge in [-0.2, -0.15) is 17.5 Å². The fourth-order valence-corrected chi connectivity index (χ4v) is 35.8. The molecule has 12 aromatic heterocycles. The predicted molar refractivity (Wildman–Crippen MR) is 645 cm³/mol. The minimum absolute atomic E-state index is 0.319. The minimum atomic E-state index is -0.319. The van der Waals surface area contributed by atoms with E-state index in [1.165, 1.54) is 572 Å². The monoisotopic (exact) mass is 2140 g/mol. The highest BCUT2D eigenvalue weighted by atomic mass is 32.2. The summed E-state index contributed by atoms with van der Waals surface area (Å²) in [5.74, 6) is 1.87. The molecule has 0 aliphatic carbocycles. The molecule has 0 saturated heterocycles. The number of nitrogens with zero attached hydrogens (tertiary/aromatic N) is 4. The van der Waals surface area contributed by atoms with Crippen molar-refractivity contribution in [1.29, 1.82) is 0 Å². The lowest BCUT2D eigenvalue weighted by Gasteiger charge is -2.17. The maximum atomic E-state index is 18.1. The van der Waals surface area contributed by atoms with Crippen LogP contribution in [-0.2, 0) is 25.7 Å². The van der Waals surface area contributed by atoms with Crippen molar-refractivity contribution in [3.05, 3.63) is 105 Å². The largest absolute Gasteiger partial charge is 0.205 e. The Morgan fingerprint density at radius 2 is 0.408 bits per heavy atom. The Labute approximate surface area is 906 Å². The van der Waals surface area contributed by atoms with E-state index in [1.54, 1.807) is 12.1 Å². The van der Waals surface area contributed by atoms with Crippen molar-refractivity contribution in [2.75, 3.05) is 0 Å². The summed E-state index contributed by atoms with van der Waals surface area (Å²) in [6.07, 6.45) is 89.2. The van der Waals surface area contributed by atoms with Crippen LogP contribution in [0.3, 0.4) is 0 Å². The lowest BCUT2D eigenvalue weighted by molar-refractivity contribution is 0.400. The quantitative estimate of drug-likeness (QED) is 0.0357. The topological polar surface area (TPSA) is 51.6 Å². The van der Waals surface area contributed by atoms with E-state index in [9.17, 15) is 0 Å². The van der Waals surface area contributed by atoms with Gasteiger partial charge in [0.25, 0.3) is 0 Å². The van der Waals surface area contributed by atoms with Crippen LogP contribution in [-0.4, -0.2) is 17.5 Å². The number of benzene rings is 2. The van der Waals surface area contributed by atoms with E-state index in [4.69, 9.17) is 17.5 Å². The second kappa shape index (κ2) is 63.3. The van der Waals surface area contributed by atoms with E-state index in [2.05, 4.69) is 115 Å². The van der Waals surface area contributed by atoms with E-state index in [1.807, 2.05) is 90.7 Å². The molecule has 14 aromatic rings. The van der Waals surface area contributed by atoms with Crippen LogP contribution in [0.2, 0.25) is 0 Å². The number of unbranched alkanes of at least 4 members (excludes halogenated alkanes) is 48. The summed E-state index contributed by atoms with van der Waals surface area (Å²) in [4.78, 5) is 15.3. The molecule has 0 radical (unpaired) electrons. The Morgan fingerprint density at radius 1 is 0.204 bits per heavy atom. The molecular formula is C124H176F2N4S12. The van der Waals surface area contributed by atoms with Crippen molar-refractivity contribution >= 4 is 199 Å². The molecule has 0 N–H and O–H groups in total. The molecule has 0 aliphatic rings. The third-order valence-electron chi connectivity index (χ3n) is 31.1. The molecule has 4 atom stereocenters. The van der Waals surface area contributed by atoms with E-state index in [0.717, 1.165) is 66.3 Å². The Morgan fingerprint density at radius 3 is 0.648 bits per heavy atom. The van der Waals surface area contributed by atoms with Crippen LogP contribution in [0.25, 0.3) is 131 Å². The SMILES string of the molecule is CCCCCCCCCCC(CCCCCCCC)Cc1csc(-c2cc3c4nsnc4c4cc(-c5cc(CC(CCCCCCCC)CCCCCCCCCC)c(-c6cc(F)c(-c7sc(-c8sc(-c9cc%10c%11nsnc%11c%11cc(-c%12cc(CC(CCCCCCCC)CCCCCCCCCC)cs%12)sc%11c%10s9)cc8CC(CCCCCCCC)CCCCCCCCCC)cc7F)s6)s5)sc4c3s2)c1. The summed E-state index contributed by atoms with van der Waals surface area (Å²) >= 11 is 20.9. The molecule has 0 fully saturated rings. The van der Waals surface area contributed by atoms with Gasteiger partial charge in [0.05, 0.1) is 52.0 Å². The molecule has 18 heteroatoms. The van der Waals surface area contributed by atoms with Crippen LogP contribution < -0.4 is 0 Å². The highest BCUT2D eigenvalue weighted by Crippen LogP contribution is 2.56. The molecule has 0 bridgehead atoms. The number of halogens is 2. The van der Waals surface area contributed by atoms with Crippen molar-refractivity contribution in [2.24, 2.45) is 23.7 Å². The van der Waals surface area contributed by atoms with Crippen molar-refractivity contribution in [3.63, 3.8) is 0 Å². The molecule has 14 rings (SSSR count). The van der Waals surface area contributed by atoms with Crippen LogP contribution in [0.1, 0.15) is 489 Å². The van der Waals surface area contributed by atoms with E-state index >= 15 is 8.78 Å². The smallest absolute Gasteiger partial charge is 0.143 e. The van der Waals surface area contributed by atoms with Crippen molar-refractivity contribution in [2.45, 2.75) is 492 Å². The Bertz CT molecular complexity index is 5520. The molecule has 0 amide bonds. The molecule has 0 saturated carbocycles. The number of fused-ring (bicyclic) bond motifs is 12. The first kappa shape index (κ1) is 114. The van der Waals surface area contributed by atoms with Crippen molar-refractivity contribution < 1.29 is 8.78 Å². The zero-order chi connectivity index (χ0) is 98.7. The summed E-state index contributed by atoms with van der Waals surface area (Å²) in [5, 5.41) is 9.77. The molecule has 778 valence electrons. The Kier molecular flexibility index (Phi) is 50.7. The third-order valence-corrected chi connectivity index (χ3v) is 44.8. The molecular weight excluding hydrogens is 1970 g/mol. The number of thiophene rings is 10. The van der Waals surface area contributed by atoms with Gasteiger partial charge in [-0.1, -0.05) is 466 Å². The Balaban J connectivity index is 0.792. The van der Waals surface area contributed by atoms with Gasteiger partial charge >= 0.3 is 0 Å². The lowest BCUT2D eigenvalue weighted by atomic mass is 9.88. The number of aromatic nitrogens is 4. The summed E-state index contributed by atoms with van der Waals surface area (Å²) in [7, 11) is 0. The molecule has 142 heavy (non-hydrogen) atoms. The average Bonchev–Trinajstić information content (AvgIpc) is 1.57. The first-order valence-corrected chi connectivity index (χ1v) is 68.0. The maximum Gasteiger partial charge on any atom is 0.143 e. The zero-order valence-corrected chi connectivity index (χ0v) is 98.6. The fourth-order valence-electron chi connectivity index (χ4n) is 22.6. The highest BCUT2D eigenvalue weighted by molar-refractivity contribution is 7.35. The molecule has 4 nitrogen and oxygen atoms in total. The van der Waals surface area contributed by atoms with Crippen LogP contribution >= 0.6 is 137 Å². The minimum Gasteiger partial charge on any atom is -0.205 e. The normalized spacial score (nSPS) is 13.1. The standard InChI is InChI=1S/C124H176F2N4S12/c1-9-17-25-33-41-45-53-59-67-89(65-57-49-37-29-21-13-5)73-93-77-103(131-87-93)107-81-97-113-115(129-141-127-113)99-83-109(137-121(99)119(97)135-107)105-79-95(75-91(69-61-51-39-31-23-15-7)71-63-55-47-43-35-27-19-11-3)117(133-105)111-85-101(125)123(139-111)124-102(126)86-112(140-124)118-96(76-92(70-62-52-40-32-24-16-8)72-64-56-48-44-36-28-20-12-4)80-106(134-118)110-84-100-116-114(128-142-130-116)98-82-108(136-120(98)122(100)138-110)104-78-94(88-132-104)74-90(66-58-50-38-30-22-14-6)68-60-54-46-42-34-26-18-10-2/h77-92H,9-76H2,1-8H3. The molecule has 0 aliphatic heterocycles. The van der Waals surface area contributed by atoms with E-state index in [0.29, 0.717) is 21.6 Å². The third kappa shape index (κ3) is 34.0. The molecule has 2 aromatic carbocycles. The first-order chi connectivity index (χ1) is 70.0. The van der Waals surface area contributed by atoms with Crippen LogP contribution in [0.5, 0.6) is 0 Å². The average molecular weight is 2150 g/mol. The first-order valence-electron chi connectivity index (χ1n) is 58.2. The second-order valence-corrected chi connectivity index (χ2v) is 54.3. The summed E-state index contributed by atoms with van der Waals surface area (Å²) < 4.78 is 61.9. The molecule has 12 heterocycles. The van der Waals surface area contributed by atoms with E-state index < -0.39 is 0 Å². The molecule has 0 spiro atoms. The lowest BCUT2D eigenvalue weighted by Crippen LogP contribution is -2.05. The number of rotatable bonds is 79.